The zero-order chi connectivity index (χ0) is 15.2. The summed E-state index contributed by atoms with van der Waals surface area (Å²) in [5.74, 6) is 0.475. The minimum absolute atomic E-state index is 0.282. The van der Waals surface area contributed by atoms with E-state index in [1.54, 1.807) is 7.11 Å². The molecule has 0 spiro atoms. The molecule has 1 N–H and O–H groups in total. The van der Waals surface area contributed by atoms with Gasteiger partial charge in [0.05, 0.1) is 13.2 Å². The zero-order valence-electron chi connectivity index (χ0n) is 12.3. The Bertz CT molecular complexity index is 507. The predicted molar refractivity (Wildman–Crippen MR) is 82.5 cm³/mol. The monoisotopic (exact) mass is 357 g/mol. The maximum absolute atomic E-state index is 11.6. The Balaban J connectivity index is 2.11. The fourth-order valence-electron chi connectivity index (χ4n) is 2.22. The molecule has 1 fully saturated rings. The van der Waals surface area contributed by atoms with Crippen LogP contribution in [0.5, 0.6) is 5.75 Å². The van der Waals surface area contributed by atoms with Crippen molar-refractivity contribution in [3.8, 4) is 5.75 Å². The number of esters is 1. The number of benzene rings is 1. The molecule has 1 unspecified atom stereocenters. The van der Waals surface area contributed by atoms with Crippen molar-refractivity contribution in [1.29, 1.82) is 0 Å². The third-order valence-electron chi connectivity index (χ3n) is 3.26. The van der Waals surface area contributed by atoms with Crippen molar-refractivity contribution in [3.63, 3.8) is 0 Å². The van der Waals surface area contributed by atoms with Gasteiger partial charge in [-0.25, -0.2) is 4.79 Å². The second kappa shape index (κ2) is 7.77. The maximum atomic E-state index is 11.6. The van der Waals surface area contributed by atoms with E-state index in [2.05, 4.69) is 21.2 Å². The van der Waals surface area contributed by atoms with Gasteiger partial charge in [-0.3, -0.25) is 0 Å². The van der Waals surface area contributed by atoms with Crippen molar-refractivity contribution in [2.45, 2.75) is 26.0 Å². The largest absolute Gasteiger partial charge is 0.478 e. The van der Waals surface area contributed by atoms with Crippen LogP contribution in [0.1, 0.15) is 17.5 Å². The number of hydrogen-bond acceptors (Lipinski definition) is 5. The number of carbonyl (C=O) groups is 1. The molecule has 0 amide bonds. The first-order valence-corrected chi connectivity index (χ1v) is 7.73. The van der Waals surface area contributed by atoms with E-state index >= 15 is 0 Å². The van der Waals surface area contributed by atoms with Crippen LogP contribution < -0.4 is 10.1 Å². The molecule has 21 heavy (non-hydrogen) atoms. The quantitative estimate of drug-likeness (QED) is 0.598. The Morgan fingerprint density at radius 1 is 1.48 bits per heavy atom. The second-order valence-electron chi connectivity index (χ2n) is 4.94. The Labute approximate surface area is 133 Å². The van der Waals surface area contributed by atoms with E-state index in [1.807, 2.05) is 19.1 Å². The summed E-state index contributed by atoms with van der Waals surface area (Å²) in [6, 6.07) is 3.98. The van der Waals surface area contributed by atoms with Gasteiger partial charge in [-0.15, -0.1) is 0 Å². The summed E-state index contributed by atoms with van der Waals surface area (Å²) in [6.45, 7) is 4.46. The van der Waals surface area contributed by atoms with Crippen molar-refractivity contribution in [1.82, 2.24) is 5.32 Å². The highest BCUT2D eigenvalue weighted by molar-refractivity contribution is 9.10. The van der Waals surface area contributed by atoms with Gasteiger partial charge >= 0.3 is 5.97 Å². The highest BCUT2D eigenvalue weighted by Crippen LogP contribution is 2.30. The predicted octanol–water partition coefficient (Wildman–Crippen LogP) is 2.19. The lowest BCUT2D eigenvalue weighted by Crippen LogP contribution is -2.24. The number of cyclic esters (lactones) is 1. The van der Waals surface area contributed by atoms with E-state index in [-0.39, 0.29) is 5.97 Å². The number of aryl methyl sites for hydroxylation is 1. The molecule has 0 aromatic heterocycles. The lowest BCUT2D eigenvalue weighted by Gasteiger charge is -2.17. The standard InChI is InChI=1S/C15H20BrNO4/c1-10-7-12(16)8-11(9-17-4-6-19-2)14(10)21-13-3-5-20-15(13)18/h7-8,13,17H,3-6,9H2,1-2H3. The molecule has 1 aliphatic rings. The van der Waals surface area contributed by atoms with Crippen molar-refractivity contribution in [2.75, 3.05) is 26.9 Å². The van der Waals surface area contributed by atoms with Crippen LogP contribution in [0.2, 0.25) is 0 Å². The van der Waals surface area contributed by atoms with Crippen LogP contribution in [0.15, 0.2) is 16.6 Å². The van der Waals surface area contributed by atoms with Gasteiger partial charge < -0.3 is 19.5 Å². The van der Waals surface area contributed by atoms with E-state index in [9.17, 15) is 4.79 Å². The molecule has 1 heterocycles. The van der Waals surface area contributed by atoms with Crippen LogP contribution in [0.25, 0.3) is 0 Å². The highest BCUT2D eigenvalue weighted by atomic mass is 79.9. The molecule has 0 aliphatic carbocycles. The number of methoxy groups -OCH3 is 1. The molecule has 1 aromatic carbocycles. The number of hydrogen-bond donors (Lipinski definition) is 1. The first-order valence-electron chi connectivity index (χ1n) is 6.93. The lowest BCUT2D eigenvalue weighted by atomic mass is 10.1. The molecule has 0 radical (unpaired) electrons. The van der Waals surface area contributed by atoms with Crippen LogP contribution in [0, 0.1) is 6.92 Å². The summed E-state index contributed by atoms with van der Waals surface area (Å²) in [5.41, 5.74) is 2.00. The number of carbonyl (C=O) groups excluding carboxylic acids is 1. The number of ether oxygens (including phenoxy) is 3. The molecule has 0 saturated carbocycles. The van der Waals surface area contributed by atoms with Crippen LogP contribution in [-0.2, 0) is 20.8 Å². The first-order chi connectivity index (χ1) is 10.1. The summed E-state index contributed by atoms with van der Waals surface area (Å²) in [7, 11) is 1.67. The van der Waals surface area contributed by atoms with E-state index < -0.39 is 6.10 Å². The smallest absolute Gasteiger partial charge is 0.347 e. The molecule has 116 valence electrons. The fraction of sp³-hybridized carbons (Fsp3) is 0.533. The third kappa shape index (κ3) is 4.43. The van der Waals surface area contributed by atoms with E-state index in [1.165, 1.54) is 0 Å². The molecule has 1 saturated heterocycles. The molecule has 1 aromatic rings. The summed E-state index contributed by atoms with van der Waals surface area (Å²) in [4.78, 5) is 11.6. The summed E-state index contributed by atoms with van der Waals surface area (Å²) >= 11 is 3.49. The Morgan fingerprint density at radius 2 is 2.29 bits per heavy atom. The molecule has 1 aliphatic heterocycles. The average molecular weight is 358 g/mol. The third-order valence-corrected chi connectivity index (χ3v) is 3.72. The van der Waals surface area contributed by atoms with Gasteiger partial charge in [-0.05, 0) is 24.6 Å². The van der Waals surface area contributed by atoms with E-state index in [0.29, 0.717) is 26.2 Å². The van der Waals surface area contributed by atoms with Crippen molar-refractivity contribution in [2.24, 2.45) is 0 Å². The SMILES string of the molecule is COCCNCc1cc(Br)cc(C)c1OC1CCOC1=O. The molecule has 2 rings (SSSR count). The van der Waals surface area contributed by atoms with Gasteiger partial charge in [-0.2, -0.15) is 0 Å². The number of rotatable bonds is 7. The molecule has 6 heteroatoms. The van der Waals surface area contributed by atoms with Crippen LogP contribution >= 0.6 is 15.9 Å². The molecule has 1 atom stereocenters. The summed E-state index contributed by atoms with van der Waals surface area (Å²) < 4.78 is 16.8. The van der Waals surface area contributed by atoms with Gasteiger partial charge in [0.25, 0.3) is 0 Å². The topological polar surface area (TPSA) is 56.8 Å². The average Bonchev–Trinajstić information content (AvgIpc) is 2.84. The number of nitrogens with one attached hydrogen (secondary N) is 1. The zero-order valence-corrected chi connectivity index (χ0v) is 13.9. The van der Waals surface area contributed by atoms with Crippen LogP contribution in [0.3, 0.4) is 0 Å². The molecule has 5 nitrogen and oxygen atoms in total. The molecule has 0 bridgehead atoms. The number of halogens is 1. The minimum atomic E-state index is -0.498. The summed E-state index contributed by atoms with van der Waals surface area (Å²) in [6.07, 6.45) is 0.104. The van der Waals surface area contributed by atoms with Gasteiger partial charge in [0, 0.05) is 36.7 Å². The Morgan fingerprint density at radius 3 is 2.95 bits per heavy atom. The van der Waals surface area contributed by atoms with Crippen molar-refractivity contribution < 1.29 is 19.0 Å². The van der Waals surface area contributed by atoms with Crippen molar-refractivity contribution in [3.05, 3.63) is 27.7 Å². The van der Waals surface area contributed by atoms with Gasteiger partial charge in [0.1, 0.15) is 5.75 Å². The summed E-state index contributed by atoms with van der Waals surface area (Å²) in [5, 5.41) is 3.29. The van der Waals surface area contributed by atoms with Crippen LogP contribution in [0.4, 0.5) is 0 Å². The van der Waals surface area contributed by atoms with Crippen molar-refractivity contribution >= 4 is 21.9 Å². The second-order valence-corrected chi connectivity index (χ2v) is 5.86. The normalized spacial score (nSPS) is 17.9. The van der Waals surface area contributed by atoms with Gasteiger partial charge in [0.15, 0.2) is 6.10 Å². The Kier molecular flexibility index (Phi) is 6.02. The maximum Gasteiger partial charge on any atom is 0.347 e. The minimum Gasteiger partial charge on any atom is -0.478 e. The molecular weight excluding hydrogens is 338 g/mol. The van der Waals surface area contributed by atoms with Gasteiger partial charge in [-0.1, -0.05) is 15.9 Å². The highest BCUT2D eigenvalue weighted by Gasteiger charge is 2.29. The fourth-order valence-corrected chi connectivity index (χ4v) is 2.84. The van der Waals surface area contributed by atoms with E-state index in [0.717, 1.165) is 27.9 Å². The molecular formula is C15H20BrNO4. The van der Waals surface area contributed by atoms with E-state index in [4.69, 9.17) is 14.2 Å². The van der Waals surface area contributed by atoms with Gasteiger partial charge in [0.2, 0.25) is 0 Å². The van der Waals surface area contributed by atoms with Crippen LogP contribution in [-0.4, -0.2) is 38.9 Å². The lowest BCUT2D eigenvalue weighted by molar-refractivity contribution is -0.143. The first kappa shape index (κ1) is 16.3. The Hall–Kier alpha value is -1.11.